The Kier molecular flexibility index (Phi) is 3.28. The molecule has 0 bridgehead atoms. The van der Waals surface area contributed by atoms with Crippen LogP contribution < -0.4 is 0 Å². The third-order valence-corrected chi connectivity index (χ3v) is 3.63. The van der Waals surface area contributed by atoms with Crippen molar-refractivity contribution in [1.82, 2.24) is 0 Å². The van der Waals surface area contributed by atoms with Crippen LogP contribution in [-0.4, -0.2) is 5.78 Å². The average molecular weight is 226 g/mol. The first-order valence-electron chi connectivity index (χ1n) is 6.09. The zero-order valence-electron chi connectivity index (χ0n) is 10.4. The van der Waals surface area contributed by atoms with Crippen molar-refractivity contribution in [1.29, 1.82) is 0 Å². The molecule has 1 aliphatic carbocycles. The van der Waals surface area contributed by atoms with Crippen molar-refractivity contribution < 1.29 is 4.79 Å². The van der Waals surface area contributed by atoms with Gasteiger partial charge in [0.25, 0.3) is 0 Å². The fourth-order valence-electron chi connectivity index (χ4n) is 2.33. The molecular weight excluding hydrogens is 208 g/mol. The van der Waals surface area contributed by atoms with Crippen LogP contribution in [0.3, 0.4) is 0 Å². The smallest absolute Gasteiger partial charge is 0.144 e. The summed E-state index contributed by atoms with van der Waals surface area (Å²) in [7, 11) is 0. The molecule has 1 heteroatoms. The average Bonchev–Trinajstić information content (AvgIpc) is 2.39. The molecule has 0 spiro atoms. The van der Waals surface area contributed by atoms with Crippen LogP contribution in [0.1, 0.15) is 32.3 Å². The van der Waals surface area contributed by atoms with Crippen LogP contribution in [0.5, 0.6) is 0 Å². The van der Waals surface area contributed by atoms with Crippen LogP contribution in [0, 0.1) is 0 Å². The van der Waals surface area contributed by atoms with E-state index < -0.39 is 5.41 Å². The highest BCUT2D eigenvalue weighted by Gasteiger charge is 2.34. The quantitative estimate of drug-likeness (QED) is 0.766. The second kappa shape index (κ2) is 4.70. The summed E-state index contributed by atoms with van der Waals surface area (Å²) in [4.78, 5) is 12.1. The van der Waals surface area contributed by atoms with Crippen LogP contribution in [0.2, 0.25) is 0 Å². The molecule has 0 saturated carbocycles. The van der Waals surface area contributed by atoms with Gasteiger partial charge in [0.05, 0.1) is 5.41 Å². The van der Waals surface area contributed by atoms with Crippen molar-refractivity contribution >= 4 is 5.78 Å². The fraction of sp³-hybridized carbons (Fsp3) is 0.312. The molecule has 88 valence electrons. The maximum Gasteiger partial charge on any atom is 0.144 e. The van der Waals surface area contributed by atoms with Gasteiger partial charge in [-0.1, -0.05) is 48.6 Å². The summed E-state index contributed by atoms with van der Waals surface area (Å²) in [5, 5.41) is 0. The monoisotopic (exact) mass is 226 g/mol. The molecule has 0 N–H and O–H groups in total. The van der Waals surface area contributed by atoms with Gasteiger partial charge in [-0.3, -0.25) is 4.79 Å². The topological polar surface area (TPSA) is 17.1 Å². The molecule has 0 aromatic heterocycles. The predicted molar refractivity (Wildman–Crippen MR) is 70.9 cm³/mol. The van der Waals surface area contributed by atoms with Gasteiger partial charge in [0.2, 0.25) is 0 Å². The standard InChI is InChI=1S/C16H18O/c1-13(17)16(2,14-9-5-3-6-10-14)15-11-7-4-8-12-15/h3,5-7,9-12H,4,8H2,1-2H3. The maximum absolute atomic E-state index is 12.1. The van der Waals surface area contributed by atoms with E-state index in [1.807, 2.05) is 37.3 Å². The van der Waals surface area contributed by atoms with E-state index in [-0.39, 0.29) is 5.78 Å². The third kappa shape index (κ3) is 2.10. The Bertz CT molecular complexity index is 468. The summed E-state index contributed by atoms with van der Waals surface area (Å²) in [6.07, 6.45) is 8.54. The number of allylic oxidation sites excluding steroid dienone is 4. The van der Waals surface area contributed by atoms with Crippen molar-refractivity contribution in [3.05, 3.63) is 59.7 Å². The summed E-state index contributed by atoms with van der Waals surface area (Å²) in [5.74, 6) is 0.196. The van der Waals surface area contributed by atoms with Crippen LogP contribution in [0.4, 0.5) is 0 Å². The largest absolute Gasteiger partial charge is 0.299 e. The summed E-state index contributed by atoms with van der Waals surface area (Å²) >= 11 is 0. The molecule has 1 unspecified atom stereocenters. The van der Waals surface area contributed by atoms with Gasteiger partial charge in [-0.2, -0.15) is 0 Å². The maximum atomic E-state index is 12.1. The number of hydrogen-bond acceptors (Lipinski definition) is 1. The molecule has 0 fully saturated rings. The van der Waals surface area contributed by atoms with Gasteiger partial charge in [0.15, 0.2) is 0 Å². The van der Waals surface area contributed by atoms with Gasteiger partial charge in [-0.05, 0) is 37.8 Å². The highest BCUT2D eigenvalue weighted by molar-refractivity contribution is 5.92. The van der Waals surface area contributed by atoms with Crippen LogP contribution in [-0.2, 0) is 10.2 Å². The molecule has 0 heterocycles. The molecule has 0 amide bonds. The highest BCUT2D eigenvalue weighted by Crippen LogP contribution is 2.35. The van der Waals surface area contributed by atoms with E-state index in [0.29, 0.717) is 0 Å². The number of ketones is 1. The second-order valence-corrected chi connectivity index (χ2v) is 4.69. The van der Waals surface area contributed by atoms with Crippen LogP contribution in [0.25, 0.3) is 0 Å². The Labute approximate surface area is 103 Å². The first-order chi connectivity index (χ1) is 8.15. The molecule has 0 radical (unpaired) electrons. The van der Waals surface area contributed by atoms with E-state index in [1.54, 1.807) is 6.92 Å². The zero-order chi connectivity index (χ0) is 12.3. The lowest BCUT2D eigenvalue weighted by atomic mass is 9.71. The van der Waals surface area contributed by atoms with E-state index in [4.69, 9.17) is 0 Å². The number of Topliss-reactive ketones (excluding diaryl/α,β-unsaturated/α-hetero) is 1. The molecule has 17 heavy (non-hydrogen) atoms. The van der Waals surface area contributed by atoms with E-state index >= 15 is 0 Å². The lowest BCUT2D eigenvalue weighted by Gasteiger charge is -2.30. The number of rotatable bonds is 3. The Morgan fingerprint density at radius 3 is 2.41 bits per heavy atom. The minimum atomic E-state index is -0.502. The van der Waals surface area contributed by atoms with Crippen molar-refractivity contribution in [3.8, 4) is 0 Å². The second-order valence-electron chi connectivity index (χ2n) is 4.69. The molecule has 1 aromatic rings. The Morgan fingerprint density at radius 1 is 1.18 bits per heavy atom. The SMILES string of the molecule is CC(=O)C(C)(C1=CCCC=C1)c1ccccc1. The van der Waals surface area contributed by atoms with Gasteiger partial charge in [0, 0.05) is 0 Å². The molecule has 1 nitrogen and oxygen atoms in total. The summed E-state index contributed by atoms with van der Waals surface area (Å²) in [6.45, 7) is 3.70. The van der Waals surface area contributed by atoms with Crippen LogP contribution >= 0.6 is 0 Å². The first-order valence-corrected chi connectivity index (χ1v) is 6.09. The Hall–Kier alpha value is -1.63. The van der Waals surface area contributed by atoms with Crippen LogP contribution in [0.15, 0.2) is 54.1 Å². The van der Waals surface area contributed by atoms with Gasteiger partial charge in [0.1, 0.15) is 5.78 Å². The normalized spacial score (nSPS) is 18.4. The first kappa shape index (κ1) is 11.8. The van der Waals surface area contributed by atoms with E-state index in [0.717, 1.165) is 24.0 Å². The van der Waals surface area contributed by atoms with E-state index in [9.17, 15) is 4.79 Å². The highest BCUT2D eigenvalue weighted by atomic mass is 16.1. The van der Waals surface area contributed by atoms with Gasteiger partial charge in [-0.25, -0.2) is 0 Å². The zero-order valence-corrected chi connectivity index (χ0v) is 10.4. The Morgan fingerprint density at radius 2 is 1.88 bits per heavy atom. The van der Waals surface area contributed by atoms with Crippen molar-refractivity contribution in [3.63, 3.8) is 0 Å². The lowest BCUT2D eigenvalue weighted by molar-refractivity contribution is -0.120. The Balaban J connectivity index is 2.50. The van der Waals surface area contributed by atoms with Crippen molar-refractivity contribution in [2.75, 3.05) is 0 Å². The van der Waals surface area contributed by atoms with Gasteiger partial charge >= 0.3 is 0 Å². The lowest BCUT2D eigenvalue weighted by Crippen LogP contribution is -2.32. The molecule has 0 aliphatic heterocycles. The van der Waals surface area contributed by atoms with Gasteiger partial charge < -0.3 is 0 Å². The summed E-state index contributed by atoms with van der Waals surface area (Å²) in [6, 6.07) is 10.0. The molecule has 1 aromatic carbocycles. The van der Waals surface area contributed by atoms with Crippen molar-refractivity contribution in [2.45, 2.75) is 32.1 Å². The minimum Gasteiger partial charge on any atom is -0.299 e. The fourth-order valence-corrected chi connectivity index (χ4v) is 2.33. The number of carbonyl (C=O) groups is 1. The number of benzene rings is 1. The third-order valence-electron chi connectivity index (χ3n) is 3.63. The number of hydrogen-bond donors (Lipinski definition) is 0. The molecule has 1 atom stereocenters. The minimum absolute atomic E-state index is 0.196. The molecular formula is C16H18O. The van der Waals surface area contributed by atoms with Gasteiger partial charge in [-0.15, -0.1) is 0 Å². The molecule has 0 saturated heterocycles. The number of carbonyl (C=O) groups excluding carboxylic acids is 1. The summed E-state index contributed by atoms with van der Waals surface area (Å²) in [5.41, 5.74) is 1.70. The van der Waals surface area contributed by atoms with Crippen molar-refractivity contribution in [2.24, 2.45) is 0 Å². The molecule has 2 rings (SSSR count). The summed E-state index contributed by atoms with van der Waals surface area (Å²) < 4.78 is 0. The predicted octanol–water partition coefficient (Wildman–Crippen LogP) is 3.81. The van der Waals surface area contributed by atoms with E-state index in [2.05, 4.69) is 18.2 Å². The molecule has 1 aliphatic rings. The van der Waals surface area contributed by atoms with E-state index in [1.165, 1.54) is 0 Å².